The molecule has 6 aromatic rings. The van der Waals surface area contributed by atoms with Crippen molar-refractivity contribution in [1.29, 1.82) is 0 Å². The third-order valence-electron chi connectivity index (χ3n) is 9.32. The highest BCUT2D eigenvalue weighted by molar-refractivity contribution is 7.53. The summed E-state index contributed by atoms with van der Waals surface area (Å²) in [7, 11) is -3.23. The summed E-state index contributed by atoms with van der Waals surface area (Å²) in [5.41, 5.74) is 10.1. The first-order valence-electron chi connectivity index (χ1n) is 19.0. The Morgan fingerprint density at radius 1 is 0.509 bits per heavy atom. The van der Waals surface area contributed by atoms with Gasteiger partial charge in [0, 0.05) is 53.8 Å². The van der Waals surface area contributed by atoms with Gasteiger partial charge in [-0.2, -0.15) is 0 Å². The Kier molecular flexibility index (Phi) is 13.1. The van der Waals surface area contributed by atoms with Gasteiger partial charge in [-0.05, 0) is 47.7 Å². The molecule has 0 spiro atoms. The van der Waals surface area contributed by atoms with Gasteiger partial charge in [-0.3, -0.25) is 4.57 Å². The van der Waals surface area contributed by atoms with Crippen molar-refractivity contribution in [1.82, 2.24) is 9.97 Å². The monoisotopic (exact) mass is 726 g/mol. The molecule has 0 radical (unpaired) electrons. The summed E-state index contributed by atoms with van der Waals surface area (Å²) in [6.45, 7) is 10.8. The molecule has 272 valence electrons. The van der Waals surface area contributed by atoms with Gasteiger partial charge in [0.05, 0.1) is 30.8 Å². The molecule has 0 aliphatic heterocycles. The maximum absolute atomic E-state index is 13.2. The molecule has 0 amide bonds. The van der Waals surface area contributed by atoms with E-state index in [0.717, 1.165) is 57.9 Å². The summed E-state index contributed by atoms with van der Waals surface area (Å²) >= 11 is 0. The van der Waals surface area contributed by atoms with Crippen LogP contribution in [0.25, 0.3) is 56.2 Å². The van der Waals surface area contributed by atoms with E-state index in [1.54, 1.807) is 0 Å². The molecule has 0 N–H and O–H groups in total. The first kappa shape index (κ1) is 37.9. The van der Waals surface area contributed by atoms with Crippen LogP contribution >= 0.6 is 7.60 Å². The third-order valence-corrected chi connectivity index (χ3v) is 11.4. The topological polar surface area (TPSA) is 69.1 Å². The first-order valence-corrected chi connectivity index (χ1v) is 20.7. The van der Waals surface area contributed by atoms with E-state index in [1.807, 2.05) is 38.1 Å². The average Bonchev–Trinajstić information content (AvgIpc) is 3.20. The SMILES string of the molecule is CCCC[n+]1ccc(-c2ccc(-c3cc(-c4ccc(-c5cc[n+](CCCC)cc5)cc4)nc(-c4ccc(CP(=O)(OCC)OCC)cc4)n3)cc2)cc1. The predicted octanol–water partition coefficient (Wildman–Crippen LogP) is 10.8. The third kappa shape index (κ3) is 10.00. The van der Waals surface area contributed by atoms with Crippen LogP contribution in [0.1, 0.15) is 58.9 Å². The summed E-state index contributed by atoms with van der Waals surface area (Å²) in [6.07, 6.45) is 13.5. The van der Waals surface area contributed by atoms with E-state index in [0.29, 0.717) is 19.0 Å². The maximum atomic E-state index is 13.2. The van der Waals surface area contributed by atoms with Crippen LogP contribution in [-0.2, 0) is 32.9 Å². The van der Waals surface area contributed by atoms with Crippen LogP contribution < -0.4 is 9.13 Å². The molecule has 3 aromatic heterocycles. The lowest BCUT2D eigenvalue weighted by Crippen LogP contribution is -2.32. The standard InChI is InChI=1S/C45H51N4O3P/c1-5-9-27-48-29-23-38(24-30-48)36-15-19-40(20-16-36)43-33-44(41-21-17-37(18-22-41)39-25-31-49(32-26-39)28-10-6-2)47-45(46-43)42-13-11-35(12-14-42)34-53(50,51-7-3)52-8-4/h11-26,29-33H,5-10,27-28,34H2,1-4H3/q+2. The number of hydrogen-bond donors (Lipinski definition) is 0. The summed E-state index contributed by atoms with van der Waals surface area (Å²) in [5, 5.41) is 0. The van der Waals surface area contributed by atoms with E-state index in [1.165, 1.54) is 36.8 Å². The molecular formula is C45H51N4O3P+2. The summed E-state index contributed by atoms with van der Waals surface area (Å²) in [6, 6.07) is 35.9. The second-order valence-electron chi connectivity index (χ2n) is 13.3. The van der Waals surface area contributed by atoms with Gasteiger partial charge in [-0.25, -0.2) is 19.1 Å². The lowest BCUT2D eigenvalue weighted by atomic mass is 10.0. The minimum atomic E-state index is -3.23. The number of unbranched alkanes of at least 4 members (excludes halogenated alkanes) is 2. The molecule has 3 heterocycles. The molecule has 8 heteroatoms. The van der Waals surface area contributed by atoms with Crippen LogP contribution in [0.15, 0.2) is 128 Å². The van der Waals surface area contributed by atoms with E-state index in [-0.39, 0.29) is 6.16 Å². The number of aromatic nitrogens is 4. The Morgan fingerprint density at radius 3 is 1.28 bits per heavy atom. The van der Waals surface area contributed by atoms with Gasteiger partial charge in [-0.15, -0.1) is 0 Å². The normalized spacial score (nSPS) is 11.5. The zero-order valence-corrected chi connectivity index (χ0v) is 32.3. The Hall–Kier alpha value is -4.81. The highest BCUT2D eigenvalue weighted by Crippen LogP contribution is 2.51. The van der Waals surface area contributed by atoms with Crippen LogP contribution in [0, 0.1) is 0 Å². The van der Waals surface area contributed by atoms with Crippen LogP contribution in [0.5, 0.6) is 0 Å². The molecule has 0 aliphatic carbocycles. The van der Waals surface area contributed by atoms with E-state index >= 15 is 0 Å². The zero-order valence-electron chi connectivity index (χ0n) is 31.4. The number of aryl methyl sites for hydroxylation is 2. The van der Waals surface area contributed by atoms with E-state index in [4.69, 9.17) is 19.0 Å². The lowest BCUT2D eigenvalue weighted by Gasteiger charge is -2.17. The molecule has 3 aromatic carbocycles. The maximum Gasteiger partial charge on any atom is 0.335 e. The largest absolute Gasteiger partial charge is 0.335 e. The van der Waals surface area contributed by atoms with E-state index in [2.05, 4.69) is 127 Å². The van der Waals surface area contributed by atoms with Crippen molar-refractivity contribution in [3.8, 4) is 56.2 Å². The highest BCUT2D eigenvalue weighted by Gasteiger charge is 2.24. The minimum absolute atomic E-state index is 0.208. The van der Waals surface area contributed by atoms with Crippen molar-refractivity contribution in [2.45, 2.75) is 72.6 Å². The van der Waals surface area contributed by atoms with Gasteiger partial charge in [0.2, 0.25) is 0 Å². The molecule has 0 aliphatic rings. The van der Waals surface area contributed by atoms with Crippen LogP contribution in [-0.4, -0.2) is 23.2 Å². The molecule has 0 saturated heterocycles. The molecule has 0 saturated carbocycles. The number of pyridine rings is 2. The molecule has 0 bridgehead atoms. The number of rotatable bonds is 17. The smallest absolute Gasteiger partial charge is 0.309 e. The van der Waals surface area contributed by atoms with Crippen LogP contribution in [0.3, 0.4) is 0 Å². The summed E-state index contributed by atoms with van der Waals surface area (Å²) in [4.78, 5) is 10.2. The summed E-state index contributed by atoms with van der Waals surface area (Å²) in [5.74, 6) is 0.620. The van der Waals surface area contributed by atoms with E-state index < -0.39 is 7.60 Å². The molecule has 7 nitrogen and oxygen atoms in total. The Balaban J connectivity index is 1.31. The number of benzene rings is 3. The molecule has 53 heavy (non-hydrogen) atoms. The second-order valence-corrected chi connectivity index (χ2v) is 15.3. The molecule has 0 unspecified atom stereocenters. The minimum Gasteiger partial charge on any atom is -0.309 e. The van der Waals surface area contributed by atoms with Gasteiger partial charge in [-0.1, -0.05) is 99.5 Å². The van der Waals surface area contributed by atoms with Crippen molar-refractivity contribution in [2.24, 2.45) is 0 Å². The quantitative estimate of drug-likeness (QED) is 0.0691. The number of hydrogen-bond acceptors (Lipinski definition) is 5. The van der Waals surface area contributed by atoms with Gasteiger partial charge < -0.3 is 9.05 Å². The van der Waals surface area contributed by atoms with Gasteiger partial charge in [0.1, 0.15) is 13.1 Å². The molecule has 0 atom stereocenters. The van der Waals surface area contributed by atoms with Crippen LogP contribution in [0.4, 0.5) is 0 Å². The Labute approximate surface area is 314 Å². The number of nitrogens with zero attached hydrogens (tertiary/aromatic N) is 4. The lowest BCUT2D eigenvalue weighted by molar-refractivity contribution is -0.697. The fourth-order valence-corrected chi connectivity index (χ4v) is 8.02. The van der Waals surface area contributed by atoms with Gasteiger partial charge in [0.15, 0.2) is 30.6 Å². The van der Waals surface area contributed by atoms with Crippen molar-refractivity contribution < 1.29 is 22.7 Å². The summed E-state index contributed by atoms with van der Waals surface area (Å²) < 4.78 is 28.8. The fraction of sp³-hybridized carbons (Fsp3) is 0.289. The zero-order chi connectivity index (χ0) is 37.0. The predicted molar refractivity (Wildman–Crippen MR) is 214 cm³/mol. The Bertz CT molecular complexity index is 1980. The van der Waals surface area contributed by atoms with Gasteiger partial charge in [0.25, 0.3) is 0 Å². The molecule has 0 fully saturated rings. The first-order chi connectivity index (χ1) is 25.9. The van der Waals surface area contributed by atoms with Crippen molar-refractivity contribution in [3.63, 3.8) is 0 Å². The van der Waals surface area contributed by atoms with Crippen molar-refractivity contribution in [3.05, 3.63) is 133 Å². The average molecular weight is 727 g/mol. The molecule has 6 rings (SSSR count). The Morgan fingerprint density at radius 2 is 0.887 bits per heavy atom. The van der Waals surface area contributed by atoms with E-state index in [9.17, 15) is 4.57 Å². The van der Waals surface area contributed by atoms with Crippen molar-refractivity contribution >= 4 is 7.60 Å². The second kappa shape index (κ2) is 18.3. The van der Waals surface area contributed by atoms with Crippen LogP contribution in [0.2, 0.25) is 0 Å². The van der Waals surface area contributed by atoms with Crippen molar-refractivity contribution in [2.75, 3.05) is 13.2 Å². The molecular weight excluding hydrogens is 675 g/mol. The van der Waals surface area contributed by atoms with Gasteiger partial charge >= 0.3 is 7.60 Å². The fourth-order valence-electron chi connectivity index (χ4n) is 6.32. The highest BCUT2D eigenvalue weighted by atomic mass is 31.2.